The molecule has 16 heavy (non-hydrogen) atoms. The zero-order valence-electron chi connectivity index (χ0n) is 8.66. The minimum atomic E-state index is -0.355. The van der Waals surface area contributed by atoms with E-state index in [-0.39, 0.29) is 18.3 Å². The number of methoxy groups -OCH3 is 1. The molecule has 0 unspecified atom stereocenters. The van der Waals surface area contributed by atoms with Crippen molar-refractivity contribution in [3.8, 4) is 6.07 Å². The molecule has 3 nitrogen and oxygen atoms in total. The number of esters is 1. The zero-order valence-corrected chi connectivity index (χ0v) is 10.3. The summed E-state index contributed by atoms with van der Waals surface area (Å²) in [5.41, 5.74) is 1.93. The Morgan fingerprint density at radius 2 is 2.31 bits per heavy atom. The quantitative estimate of drug-likeness (QED) is 0.512. The van der Waals surface area contributed by atoms with Gasteiger partial charge in [-0.25, -0.2) is 0 Å². The summed E-state index contributed by atoms with van der Waals surface area (Å²) in [6.07, 6.45) is 0.114. The Labute approximate surface area is 104 Å². The number of halogens is 1. The summed E-state index contributed by atoms with van der Waals surface area (Å²) in [4.78, 5) is 11.8. The van der Waals surface area contributed by atoms with E-state index in [1.165, 1.54) is 7.11 Å². The summed E-state index contributed by atoms with van der Waals surface area (Å²) < 4.78 is 4.58. The van der Waals surface area contributed by atoms with Gasteiger partial charge in [-0.1, -0.05) is 0 Å². The van der Waals surface area contributed by atoms with Crippen LogP contribution in [-0.2, 0) is 21.8 Å². The highest BCUT2D eigenvalue weighted by molar-refractivity contribution is 7.80. The molecule has 0 fully saturated rings. The molecule has 0 atom stereocenters. The van der Waals surface area contributed by atoms with E-state index < -0.39 is 0 Å². The number of thiol groups is 1. The third kappa shape index (κ3) is 2.91. The lowest BCUT2D eigenvalue weighted by molar-refractivity contribution is -0.139. The van der Waals surface area contributed by atoms with E-state index in [1.54, 1.807) is 12.1 Å². The number of carbonyl (C=O) groups is 1. The van der Waals surface area contributed by atoms with Crippen LogP contribution in [0.15, 0.2) is 17.0 Å². The lowest BCUT2D eigenvalue weighted by atomic mass is 10.0. The van der Waals surface area contributed by atoms with E-state index in [0.717, 1.165) is 5.56 Å². The summed E-state index contributed by atoms with van der Waals surface area (Å²) in [6.45, 7) is 0. The van der Waals surface area contributed by atoms with Gasteiger partial charge in [0.25, 0.3) is 0 Å². The fraction of sp³-hybridized carbons (Fsp3) is 0.273. The molecular weight excluding hydrogens is 246 g/mol. The van der Waals surface area contributed by atoms with Gasteiger partial charge in [0.05, 0.1) is 25.2 Å². The van der Waals surface area contributed by atoms with Crippen molar-refractivity contribution in [2.24, 2.45) is 0 Å². The van der Waals surface area contributed by atoms with Crippen LogP contribution in [0.5, 0.6) is 0 Å². The molecule has 0 aliphatic carbocycles. The van der Waals surface area contributed by atoms with E-state index >= 15 is 0 Å². The number of ether oxygens (including phenoxy) is 1. The lowest BCUT2D eigenvalue weighted by Gasteiger charge is -2.09. The molecule has 1 aromatic carbocycles. The first-order valence-electron chi connectivity index (χ1n) is 4.50. The zero-order chi connectivity index (χ0) is 12.1. The van der Waals surface area contributed by atoms with Gasteiger partial charge in [0, 0.05) is 10.8 Å². The number of alkyl halides is 1. The number of nitrogens with zero attached hydrogens (tertiary/aromatic N) is 1. The van der Waals surface area contributed by atoms with Crippen LogP contribution in [0.3, 0.4) is 0 Å². The van der Waals surface area contributed by atoms with E-state index in [1.807, 2.05) is 6.07 Å². The van der Waals surface area contributed by atoms with E-state index in [9.17, 15) is 4.79 Å². The van der Waals surface area contributed by atoms with Crippen LogP contribution in [0.2, 0.25) is 0 Å². The topological polar surface area (TPSA) is 50.1 Å². The van der Waals surface area contributed by atoms with Crippen LogP contribution in [0.1, 0.15) is 16.7 Å². The number of nitriles is 1. The van der Waals surface area contributed by atoms with Crippen LogP contribution in [-0.4, -0.2) is 13.1 Å². The number of hydrogen-bond acceptors (Lipinski definition) is 4. The third-order valence-corrected chi connectivity index (χ3v) is 2.83. The molecule has 0 saturated heterocycles. The summed E-state index contributed by atoms with van der Waals surface area (Å²) in [7, 11) is 1.32. The van der Waals surface area contributed by atoms with Gasteiger partial charge in [-0.05, 0) is 23.3 Å². The SMILES string of the molecule is COC(=O)Cc1c(S)cc(C#N)cc1CCl. The minimum Gasteiger partial charge on any atom is -0.469 e. The molecule has 0 aliphatic heterocycles. The van der Waals surface area contributed by atoms with Crippen molar-refractivity contribution in [1.29, 1.82) is 5.26 Å². The van der Waals surface area contributed by atoms with Gasteiger partial charge in [0.1, 0.15) is 0 Å². The fourth-order valence-corrected chi connectivity index (χ4v) is 1.92. The molecule has 0 aromatic heterocycles. The molecule has 84 valence electrons. The second-order valence-electron chi connectivity index (χ2n) is 3.13. The Balaban J connectivity index is 3.17. The smallest absolute Gasteiger partial charge is 0.310 e. The number of hydrogen-bond donors (Lipinski definition) is 1. The van der Waals surface area contributed by atoms with Gasteiger partial charge < -0.3 is 4.74 Å². The van der Waals surface area contributed by atoms with Gasteiger partial charge in [-0.15, -0.1) is 24.2 Å². The first-order valence-corrected chi connectivity index (χ1v) is 5.48. The molecule has 0 radical (unpaired) electrons. The molecule has 0 N–H and O–H groups in total. The van der Waals surface area contributed by atoms with Crippen LogP contribution in [0.25, 0.3) is 0 Å². The highest BCUT2D eigenvalue weighted by Gasteiger charge is 2.12. The number of carbonyl (C=O) groups excluding carboxylic acids is 1. The van der Waals surface area contributed by atoms with Gasteiger partial charge >= 0.3 is 5.97 Å². The summed E-state index contributed by atoms with van der Waals surface area (Å²) >= 11 is 10.0. The monoisotopic (exact) mass is 255 g/mol. The van der Waals surface area contributed by atoms with Crippen molar-refractivity contribution in [3.05, 3.63) is 28.8 Å². The molecule has 0 bridgehead atoms. The average Bonchev–Trinajstić information content (AvgIpc) is 2.30. The van der Waals surface area contributed by atoms with Crippen LogP contribution in [0.4, 0.5) is 0 Å². The van der Waals surface area contributed by atoms with Crippen molar-refractivity contribution in [1.82, 2.24) is 0 Å². The molecule has 5 heteroatoms. The predicted molar refractivity (Wildman–Crippen MR) is 63.7 cm³/mol. The van der Waals surface area contributed by atoms with Crippen molar-refractivity contribution in [3.63, 3.8) is 0 Å². The van der Waals surface area contributed by atoms with E-state index in [4.69, 9.17) is 16.9 Å². The second kappa shape index (κ2) is 5.78. The Bertz CT molecular complexity index is 454. The largest absolute Gasteiger partial charge is 0.469 e. The fourth-order valence-electron chi connectivity index (χ4n) is 1.32. The van der Waals surface area contributed by atoms with Crippen molar-refractivity contribution < 1.29 is 9.53 Å². The van der Waals surface area contributed by atoms with Crippen molar-refractivity contribution >= 4 is 30.2 Å². The summed E-state index contributed by atoms with van der Waals surface area (Å²) in [5, 5.41) is 8.78. The van der Waals surface area contributed by atoms with Crippen LogP contribution >= 0.6 is 24.2 Å². The molecule has 0 spiro atoms. The standard InChI is InChI=1S/C11H10ClNO2S/c1-15-11(14)4-9-8(5-12)2-7(6-13)3-10(9)16/h2-3,16H,4-5H2,1H3. The summed E-state index contributed by atoms with van der Waals surface area (Å²) in [5.74, 6) is -0.124. The van der Waals surface area contributed by atoms with Crippen molar-refractivity contribution in [2.45, 2.75) is 17.2 Å². The first-order chi connectivity index (χ1) is 7.62. The Kier molecular flexibility index (Phi) is 4.66. The Hall–Kier alpha value is -1.18. The van der Waals surface area contributed by atoms with E-state index in [2.05, 4.69) is 17.4 Å². The molecule has 0 saturated carbocycles. The van der Waals surface area contributed by atoms with Gasteiger partial charge in [0.15, 0.2) is 0 Å². The summed E-state index contributed by atoms with van der Waals surface area (Å²) in [6, 6.07) is 5.28. The molecule has 1 rings (SSSR count). The maximum Gasteiger partial charge on any atom is 0.310 e. The van der Waals surface area contributed by atoms with E-state index in [0.29, 0.717) is 16.0 Å². The minimum absolute atomic E-state index is 0.114. The maximum atomic E-state index is 11.2. The average molecular weight is 256 g/mol. The normalized spacial score (nSPS) is 9.62. The van der Waals surface area contributed by atoms with Crippen LogP contribution in [0, 0.1) is 11.3 Å². The highest BCUT2D eigenvalue weighted by Crippen LogP contribution is 2.23. The Morgan fingerprint density at radius 3 is 2.81 bits per heavy atom. The van der Waals surface area contributed by atoms with Gasteiger partial charge in [-0.3, -0.25) is 4.79 Å². The molecule has 0 aliphatic rings. The number of rotatable bonds is 3. The van der Waals surface area contributed by atoms with Gasteiger partial charge in [-0.2, -0.15) is 5.26 Å². The third-order valence-electron chi connectivity index (χ3n) is 2.14. The number of benzene rings is 1. The first kappa shape index (κ1) is 12.9. The Morgan fingerprint density at radius 1 is 1.62 bits per heavy atom. The molecule has 0 amide bonds. The maximum absolute atomic E-state index is 11.2. The molecule has 1 aromatic rings. The van der Waals surface area contributed by atoms with Crippen molar-refractivity contribution in [2.75, 3.05) is 7.11 Å². The van der Waals surface area contributed by atoms with Crippen LogP contribution < -0.4 is 0 Å². The predicted octanol–water partition coefficient (Wildman–Crippen LogP) is 2.30. The molecular formula is C11H10ClNO2S. The highest BCUT2D eigenvalue weighted by atomic mass is 35.5. The molecule has 0 heterocycles. The van der Waals surface area contributed by atoms with Gasteiger partial charge in [0.2, 0.25) is 0 Å². The second-order valence-corrected chi connectivity index (χ2v) is 3.88. The lowest BCUT2D eigenvalue weighted by Crippen LogP contribution is -2.07.